The van der Waals surface area contributed by atoms with Crippen molar-refractivity contribution in [1.29, 1.82) is 10.5 Å². The number of anilines is 1. The number of hydrogen-bond acceptors (Lipinski definition) is 10. The first-order chi connectivity index (χ1) is 17.1. The van der Waals surface area contributed by atoms with Crippen LogP contribution in [-0.2, 0) is 4.79 Å². The molecule has 9 nitrogen and oxygen atoms in total. The number of carbonyl (C=O) groups excluding carboxylic acids is 1. The van der Waals surface area contributed by atoms with E-state index in [1.54, 1.807) is 28.1 Å². The van der Waals surface area contributed by atoms with Crippen molar-refractivity contribution in [3.05, 3.63) is 53.9 Å². The maximum absolute atomic E-state index is 9.57. The van der Waals surface area contributed by atoms with E-state index in [9.17, 15) is 10.5 Å². The van der Waals surface area contributed by atoms with Gasteiger partial charge in [0.15, 0.2) is 5.01 Å². The topological polar surface area (TPSA) is 114 Å². The first-order valence-corrected chi connectivity index (χ1v) is 12.5. The Kier molecular flexibility index (Phi) is 7.73. The molecule has 0 unspecified atom stereocenters. The highest BCUT2D eigenvalue weighted by Gasteiger charge is 2.20. The second-order valence-corrected chi connectivity index (χ2v) is 9.72. The van der Waals surface area contributed by atoms with Gasteiger partial charge in [-0.15, -0.1) is 10.2 Å². The fourth-order valence-corrected chi connectivity index (χ4v) is 5.56. The molecule has 1 fully saturated rings. The number of rotatable bonds is 4. The molecule has 0 radical (unpaired) electrons. The minimum absolute atomic E-state index is 0.490. The molecule has 1 aliphatic heterocycles. The molecule has 0 atom stereocenters. The number of carbonyl (C=O) groups is 1. The molecule has 0 aliphatic carbocycles. The molecule has 4 heterocycles. The largest absolute Gasteiger partial charge is 0.344 e. The Balaban J connectivity index is 0.000000917. The second-order valence-electron chi connectivity index (χ2n) is 7.68. The molecule has 0 amide bonds. The van der Waals surface area contributed by atoms with E-state index in [4.69, 9.17) is 4.79 Å². The van der Waals surface area contributed by atoms with Crippen LogP contribution in [0.1, 0.15) is 18.1 Å². The highest BCUT2D eigenvalue weighted by molar-refractivity contribution is 7.99. The van der Waals surface area contributed by atoms with Crippen molar-refractivity contribution >= 4 is 40.0 Å². The molecule has 5 rings (SSSR count). The van der Waals surface area contributed by atoms with Crippen LogP contribution in [-0.4, -0.2) is 64.2 Å². The van der Waals surface area contributed by atoms with Crippen LogP contribution in [0.5, 0.6) is 0 Å². The summed E-state index contributed by atoms with van der Waals surface area (Å²) < 4.78 is 1.71. The summed E-state index contributed by atoms with van der Waals surface area (Å²) in [5.41, 5.74) is 2.67. The normalized spacial score (nSPS) is 13.5. The minimum atomic E-state index is 0.490. The van der Waals surface area contributed by atoms with Crippen LogP contribution in [0.2, 0.25) is 0 Å². The molecule has 11 heteroatoms. The molecular weight excluding hydrogens is 480 g/mol. The number of aromatic nitrogens is 4. The summed E-state index contributed by atoms with van der Waals surface area (Å²) in [6.45, 7) is 5.32. The van der Waals surface area contributed by atoms with Gasteiger partial charge in [0.25, 0.3) is 0 Å². The Labute approximate surface area is 211 Å². The summed E-state index contributed by atoms with van der Waals surface area (Å²) in [5, 5.41) is 34.0. The van der Waals surface area contributed by atoms with Crippen LogP contribution in [0.3, 0.4) is 0 Å². The predicted octanol–water partition coefficient (Wildman–Crippen LogP) is 3.70. The van der Waals surface area contributed by atoms with Crippen LogP contribution < -0.4 is 4.90 Å². The Morgan fingerprint density at radius 2 is 1.77 bits per heavy atom. The summed E-state index contributed by atoms with van der Waals surface area (Å²) >= 11 is 3.01. The standard InChI is InChI=1S/C22H18N8S2.C2H4O/c1-28-6-8-29(9-7-28)22-27-26-21(32-22)16-10-19(20-17(12-24)13-25-30(20)14-16)31-18-5-3-2-4-15(18)11-23;1-2-3/h2-5,10,13-14H,6-9H2,1H3;2H,1H3. The molecule has 0 bridgehead atoms. The van der Waals surface area contributed by atoms with Gasteiger partial charge in [0.05, 0.1) is 22.8 Å². The number of piperazine rings is 1. The summed E-state index contributed by atoms with van der Waals surface area (Å²) in [6, 6.07) is 13.9. The smallest absolute Gasteiger partial charge is 0.208 e. The summed E-state index contributed by atoms with van der Waals surface area (Å²) in [5.74, 6) is 0. The number of hydrogen-bond donors (Lipinski definition) is 0. The van der Waals surface area contributed by atoms with Crippen molar-refractivity contribution in [2.75, 3.05) is 38.1 Å². The molecule has 1 aromatic carbocycles. The quantitative estimate of drug-likeness (QED) is 0.385. The number of nitriles is 2. The van der Waals surface area contributed by atoms with Crippen LogP contribution in [0.15, 0.2) is 52.5 Å². The lowest BCUT2D eigenvalue weighted by molar-refractivity contribution is -0.106. The molecule has 35 heavy (non-hydrogen) atoms. The summed E-state index contributed by atoms with van der Waals surface area (Å²) in [4.78, 5) is 15.0. The molecule has 1 saturated heterocycles. The lowest BCUT2D eigenvalue weighted by Crippen LogP contribution is -2.44. The maximum atomic E-state index is 9.57. The average Bonchev–Trinajstić information content (AvgIpc) is 3.53. The van der Waals surface area contributed by atoms with E-state index < -0.39 is 0 Å². The third-order valence-electron chi connectivity index (χ3n) is 5.36. The Morgan fingerprint density at radius 3 is 2.49 bits per heavy atom. The van der Waals surface area contributed by atoms with Crippen molar-refractivity contribution < 1.29 is 4.79 Å². The van der Waals surface area contributed by atoms with Gasteiger partial charge in [-0.05, 0) is 32.2 Å². The summed E-state index contributed by atoms with van der Waals surface area (Å²) in [7, 11) is 2.13. The van der Waals surface area contributed by atoms with Gasteiger partial charge in [0.2, 0.25) is 5.13 Å². The molecule has 176 valence electrons. The number of aldehydes is 1. The van der Waals surface area contributed by atoms with Crippen molar-refractivity contribution in [3.8, 4) is 22.7 Å². The van der Waals surface area contributed by atoms with Crippen molar-refractivity contribution in [2.24, 2.45) is 0 Å². The third-order valence-corrected chi connectivity index (χ3v) is 7.50. The molecule has 0 spiro atoms. The third kappa shape index (κ3) is 5.33. The highest BCUT2D eigenvalue weighted by atomic mass is 32.2. The zero-order chi connectivity index (χ0) is 24.8. The molecule has 0 saturated carbocycles. The van der Waals surface area contributed by atoms with Gasteiger partial charge in [0.1, 0.15) is 18.4 Å². The van der Waals surface area contributed by atoms with Crippen LogP contribution in [0, 0.1) is 22.7 Å². The van der Waals surface area contributed by atoms with Crippen molar-refractivity contribution in [2.45, 2.75) is 16.7 Å². The Hall–Kier alpha value is -3.77. The van der Waals surface area contributed by atoms with E-state index in [-0.39, 0.29) is 0 Å². The van der Waals surface area contributed by atoms with Crippen molar-refractivity contribution in [1.82, 2.24) is 24.7 Å². The average molecular weight is 503 g/mol. The van der Waals surface area contributed by atoms with E-state index in [1.165, 1.54) is 18.7 Å². The molecule has 1 aliphatic rings. The zero-order valence-corrected chi connectivity index (χ0v) is 20.9. The van der Waals surface area contributed by atoms with Gasteiger partial charge in [-0.2, -0.15) is 15.6 Å². The minimum Gasteiger partial charge on any atom is -0.344 e. The van der Waals surface area contributed by atoms with Gasteiger partial charge in [-0.1, -0.05) is 35.2 Å². The van der Waals surface area contributed by atoms with Gasteiger partial charge in [-0.3, -0.25) is 0 Å². The lowest BCUT2D eigenvalue weighted by atomic mass is 10.2. The van der Waals surface area contributed by atoms with Gasteiger partial charge in [0, 0.05) is 47.7 Å². The number of nitrogens with zero attached hydrogens (tertiary/aromatic N) is 8. The monoisotopic (exact) mass is 502 g/mol. The number of fused-ring (bicyclic) bond motifs is 1. The van der Waals surface area contributed by atoms with Gasteiger partial charge >= 0.3 is 0 Å². The zero-order valence-electron chi connectivity index (χ0n) is 19.2. The molecular formula is C24H22N8OS2. The number of likely N-dealkylation sites (N-methyl/N-ethyl adjacent to an activating group) is 1. The fourth-order valence-electron chi connectivity index (χ4n) is 3.59. The van der Waals surface area contributed by atoms with E-state index in [0.29, 0.717) is 11.1 Å². The first-order valence-electron chi connectivity index (χ1n) is 10.8. The van der Waals surface area contributed by atoms with Crippen molar-refractivity contribution in [3.63, 3.8) is 0 Å². The Morgan fingerprint density at radius 1 is 1.06 bits per heavy atom. The second kappa shape index (κ2) is 11.1. The first kappa shape index (κ1) is 24.4. The SMILES string of the molecule is CC=O.CN1CCN(c2nnc(-c3cc(Sc4ccccc4C#N)c4c(C#N)cnn4c3)s2)CC1. The van der Waals surface area contributed by atoms with E-state index >= 15 is 0 Å². The van der Waals surface area contributed by atoms with Gasteiger partial charge < -0.3 is 14.6 Å². The molecule has 3 aromatic heterocycles. The highest BCUT2D eigenvalue weighted by Crippen LogP contribution is 2.38. The molecule has 4 aromatic rings. The Bertz CT molecular complexity index is 1420. The van der Waals surface area contributed by atoms with E-state index in [2.05, 4.69) is 44.3 Å². The van der Waals surface area contributed by atoms with Crippen LogP contribution >= 0.6 is 23.1 Å². The number of benzene rings is 1. The maximum Gasteiger partial charge on any atom is 0.208 e. The lowest BCUT2D eigenvalue weighted by Gasteiger charge is -2.31. The van der Waals surface area contributed by atoms with E-state index in [0.717, 1.165) is 63.5 Å². The molecule has 0 N–H and O–H groups in total. The van der Waals surface area contributed by atoms with Crippen LogP contribution in [0.25, 0.3) is 16.1 Å². The number of pyridine rings is 1. The summed E-state index contributed by atoms with van der Waals surface area (Å²) in [6.07, 6.45) is 4.19. The fraction of sp³-hybridized carbons (Fsp3) is 0.250. The predicted molar refractivity (Wildman–Crippen MR) is 136 cm³/mol. The van der Waals surface area contributed by atoms with Crippen LogP contribution in [0.4, 0.5) is 5.13 Å². The van der Waals surface area contributed by atoms with Gasteiger partial charge in [-0.25, -0.2) is 4.52 Å². The van der Waals surface area contributed by atoms with E-state index in [1.807, 2.05) is 30.5 Å².